The van der Waals surface area contributed by atoms with Crippen LogP contribution in [0.2, 0.25) is 0 Å². The molecule has 0 aromatic carbocycles. The van der Waals surface area contributed by atoms with Crippen molar-refractivity contribution in [2.24, 2.45) is 18.4 Å². The van der Waals surface area contributed by atoms with Crippen molar-refractivity contribution in [2.75, 3.05) is 13.7 Å². The minimum absolute atomic E-state index is 0.00723. The molecular formula is C21H31N3O4. The molecule has 0 radical (unpaired) electrons. The van der Waals surface area contributed by atoms with E-state index in [0.717, 1.165) is 25.7 Å². The number of ether oxygens (including phenoxy) is 1. The highest BCUT2D eigenvalue weighted by atomic mass is 16.5. The van der Waals surface area contributed by atoms with Crippen LogP contribution in [-0.4, -0.2) is 53.0 Å². The normalized spacial score (nSPS) is 26.0. The van der Waals surface area contributed by atoms with Crippen LogP contribution < -0.4 is 5.32 Å². The van der Waals surface area contributed by atoms with Crippen LogP contribution in [0.5, 0.6) is 0 Å². The number of fused-ring (bicyclic) bond motifs is 2. The van der Waals surface area contributed by atoms with Crippen LogP contribution in [-0.2, 0) is 21.4 Å². The lowest BCUT2D eigenvalue weighted by Gasteiger charge is -2.36. The average molecular weight is 389 g/mol. The molecule has 7 heteroatoms. The fraction of sp³-hybridized carbons (Fsp3) is 0.667. The first-order valence-electron chi connectivity index (χ1n) is 10.1. The zero-order valence-electron chi connectivity index (χ0n) is 17.2. The second-order valence-electron chi connectivity index (χ2n) is 8.52. The van der Waals surface area contributed by atoms with Crippen LogP contribution in [0, 0.1) is 11.3 Å². The van der Waals surface area contributed by atoms with Crippen LogP contribution in [0.25, 0.3) is 0 Å². The number of nitrogens with zero attached hydrogens (tertiary/aromatic N) is 2. The number of rotatable bonds is 7. The molecule has 0 saturated carbocycles. The Morgan fingerprint density at radius 1 is 1.32 bits per heavy atom. The fourth-order valence-electron chi connectivity index (χ4n) is 4.88. The van der Waals surface area contributed by atoms with Crippen LogP contribution in [0.1, 0.15) is 56.4 Å². The number of aromatic nitrogens is 1. The van der Waals surface area contributed by atoms with Gasteiger partial charge in [-0.15, -0.1) is 0 Å². The number of aryl methyl sites for hydroxylation is 1. The number of methoxy groups -OCH3 is 1. The summed E-state index contributed by atoms with van der Waals surface area (Å²) in [5.74, 6) is -0.142. The number of carbonyl (C=O) groups is 3. The maximum atomic E-state index is 13.2. The zero-order chi connectivity index (χ0) is 20.5. The Morgan fingerprint density at radius 3 is 2.68 bits per heavy atom. The summed E-state index contributed by atoms with van der Waals surface area (Å²) in [6, 6.07) is 3.63. The summed E-state index contributed by atoms with van der Waals surface area (Å²) in [5, 5.41) is 2.77. The number of hydrogen-bond donors (Lipinski definition) is 1. The molecule has 3 rings (SSSR count). The molecule has 28 heavy (non-hydrogen) atoms. The summed E-state index contributed by atoms with van der Waals surface area (Å²) in [6.45, 7) is 4.14. The van der Waals surface area contributed by atoms with Crippen molar-refractivity contribution in [3.05, 3.63) is 24.0 Å². The molecule has 7 nitrogen and oxygen atoms in total. The van der Waals surface area contributed by atoms with Gasteiger partial charge in [0.1, 0.15) is 12.2 Å². The first kappa shape index (κ1) is 20.4. The zero-order valence-corrected chi connectivity index (χ0v) is 17.2. The molecule has 2 amide bonds. The van der Waals surface area contributed by atoms with E-state index < -0.39 is 11.4 Å². The predicted molar refractivity (Wildman–Crippen MR) is 105 cm³/mol. The summed E-state index contributed by atoms with van der Waals surface area (Å²) >= 11 is 0. The highest BCUT2D eigenvalue weighted by Crippen LogP contribution is 2.53. The molecule has 2 fully saturated rings. The molecule has 3 atom stereocenters. The number of esters is 1. The molecule has 1 N–H and O–H groups in total. The topological polar surface area (TPSA) is 80.6 Å². The molecule has 154 valence electrons. The van der Waals surface area contributed by atoms with Gasteiger partial charge in [0.05, 0.1) is 12.5 Å². The van der Waals surface area contributed by atoms with Gasteiger partial charge < -0.3 is 19.5 Å². The average Bonchev–Trinajstić information content (AvgIpc) is 3.36. The van der Waals surface area contributed by atoms with E-state index >= 15 is 0 Å². The van der Waals surface area contributed by atoms with Gasteiger partial charge in [0.15, 0.2) is 0 Å². The van der Waals surface area contributed by atoms with Gasteiger partial charge in [0.2, 0.25) is 5.91 Å². The van der Waals surface area contributed by atoms with Crippen molar-refractivity contribution in [3.8, 4) is 0 Å². The van der Waals surface area contributed by atoms with Crippen LogP contribution in [0.3, 0.4) is 0 Å². The fourth-order valence-corrected chi connectivity index (χ4v) is 4.88. The molecule has 2 aliphatic rings. The van der Waals surface area contributed by atoms with Crippen molar-refractivity contribution in [1.29, 1.82) is 0 Å². The van der Waals surface area contributed by atoms with E-state index in [9.17, 15) is 14.4 Å². The molecule has 0 spiro atoms. The maximum Gasteiger partial charge on any atom is 0.325 e. The lowest BCUT2D eigenvalue weighted by molar-refractivity contribution is -0.143. The third-order valence-electron chi connectivity index (χ3n) is 6.38. The molecule has 0 unspecified atom stereocenters. The van der Waals surface area contributed by atoms with Crippen molar-refractivity contribution >= 4 is 17.8 Å². The van der Waals surface area contributed by atoms with Crippen LogP contribution >= 0.6 is 0 Å². The standard InChI is InChI=1S/C21H31N3O4/c1-14(2)9-10-21(20(27)22-13-18(25)28-4)12-15-7-8-17(21)24(15)19(26)16-6-5-11-23(16)3/h5-6,11,14-15,17H,7-10,12-13H2,1-4H3,(H,22,27)/t15-,17+,21+/m1/s1. The van der Waals surface area contributed by atoms with Gasteiger partial charge in [-0.3, -0.25) is 14.4 Å². The molecule has 1 aromatic rings. The summed E-state index contributed by atoms with van der Waals surface area (Å²) in [7, 11) is 3.17. The van der Waals surface area contributed by atoms with Crippen molar-refractivity contribution in [1.82, 2.24) is 14.8 Å². The Morgan fingerprint density at radius 2 is 2.07 bits per heavy atom. The van der Waals surface area contributed by atoms with E-state index in [1.165, 1.54) is 7.11 Å². The summed E-state index contributed by atoms with van der Waals surface area (Å²) in [6.07, 6.45) is 5.89. The van der Waals surface area contributed by atoms with Gasteiger partial charge >= 0.3 is 5.97 Å². The molecule has 1 aromatic heterocycles. The molecule has 2 saturated heterocycles. The Hall–Kier alpha value is -2.31. The van der Waals surface area contributed by atoms with E-state index in [-0.39, 0.29) is 30.4 Å². The van der Waals surface area contributed by atoms with Crippen molar-refractivity contribution < 1.29 is 19.1 Å². The number of carbonyl (C=O) groups excluding carboxylic acids is 3. The van der Waals surface area contributed by atoms with Crippen molar-refractivity contribution in [2.45, 2.75) is 58.0 Å². The van der Waals surface area contributed by atoms with E-state index in [2.05, 4.69) is 23.9 Å². The van der Waals surface area contributed by atoms with Crippen LogP contribution in [0.4, 0.5) is 0 Å². The number of nitrogens with one attached hydrogen (secondary N) is 1. The van der Waals surface area contributed by atoms with Gasteiger partial charge in [-0.25, -0.2) is 0 Å². The highest BCUT2D eigenvalue weighted by Gasteiger charge is 2.60. The summed E-state index contributed by atoms with van der Waals surface area (Å²) in [5.41, 5.74) is 0.00806. The second kappa shape index (κ2) is 7.97. The maximum absolute atomic E-state index is 13.2. The first-order valence-corrected chi connectivity index (χ1v) is 10.1. The molecule has 0 aliphatic carbocycles. The minimum Gasteiger partial charge on any atom is -0.468 e. The van der Waals surface area contributed by atoms with Crippen LogP contribution in [0.15, 0.2) is 18.3 Å². The monoisotopic (exact) mass is 389 g/mol. The molecule has 2 bridgehead atoms. The highest BCUT2D eigenvalue weighted by molar-refractivity contribution is 5.95. The van der Waals surface area contributed by atoms with E-state index in [4.69, 9.17) is 0 Å². The van der Waals surface area contributed by atoms with Gasteiger partial charge in [-0.2, -0.15) is 0 Å². The first-order chi connectivity index (χ1) is 13.3. The lowest BCUT2D eigenvalue weighted by Crippen LogP contribution is -2.51. The van der Waals surface area contributed by atoms with E-state index in [1.54, 1.807) is 0 Å². The number of amides is 2. The predicted octanol–water partition coefficient (Wildman–Crippen LogP) is 2.11. The molecule has 2 aliphatic heterocycles. The van der Waals surface area contributed by atoms with Gasteiger partial charge in [0, 0.05) is 25.3 Å². The van der Waals surface area contributed by atoms with Gasteiger partial charge in [-0.05, 0) is 50.2 Å². The quantitative estimate of drug-likeness (QED) is 0.725. The van der Waals surface area contributed by atoms with Gasteiger partial charge in [-0.1, -0.05) is 13.8 Å². The molecule has 3 heterocycles. The van der Waals surface area contributed by atoms with E-state index in [0.29, 0.717) is 18.0 Å². The summed E-state index contributed by atoms with van der Waals surface area (Å²) < 4.78 is 6.48. The molecular weight excluding hydrogens is 358 g/mol. The Kier molecular flexibility index (Phi) is 5.82. The Bertz CT molecular complexity index is 757. The third kappa shape index (κ3) is 3.54. The largest absolute Gasteiger partial charge is 0.468 e. The van der Waals surface area contributed by atoms with Gasteiger partial charge in [0.25, 0.3) is 5.91 Å². The summed E-state index contributed by atoms with van der Waals surface area (Å²) in [4.78, 5) is 40.0. The third-order valence-corrected chi connectivity index (χ3v) is 6.38. The van der Waals surface area contributed by atoms with Crippen molar-refractivity contribution in [3.63, 3.8) is 0 Å². The Balaban J connectivity index is 1.86. The second-order valence-corrected chi connectivity index (χ2v) is 8.52. The smallest absolute Gasteiger partial charge is 0.325 e. The Labute approximate surface area is 166 Å². The SMILES string of the molecule is COC(=O)CNC(=O)[C@@]1(CCC(C)C)C[C@H]2CC[C@@H]1N2C(=O)c1cccn1C. The lowest BCUT2D eigenvalue weighted by atomic mass is 9.69. The number of hydrogen-bond acceptors (Lipinski definition) is 4. The minimum atomic E-state index is -0.637. The van der Waals surface area contributed by atoms with E-state index in [1.807, 2.05) is 34.8 Å².